The number of hydrogen-bond donors (Lipinski definition) is 2. The molecule has 0 radical (unpaired) electrons. The van der Waals surface area contributed by atoms with E-state index >= 15 is 0 Å². The maximum absolute atomic E-state index is 12.4. The van der Waals surface area contributed by atoms with E-state index in [-0.39, 0.29) is 12.5 Å². The summed E-state index contributed by atoms with van der Waals surface area (Å²) in [5, 5.41) is 25.5. The van der Waals surface area contributed by atoms with Crippen LogP contribution in [0.25, 0.3) is 0 Å². The highest BCUT2D eigenvalue weighted by Crippen LogP contribution is 2.24. The molecule has 3 aromatic rings. The molecule has 1 saturated heterocycles. The standard InChI is InChI=1S/C16H19N7O3/c1-10-14(11(2)26-20-10)8-22-7-13(5-18-22)23-15(24)9-21(16(23)25)6-12-3-4-17-19-12/h3-5,7,16,25H,6,8-9H2,1-2H3,(H,17,19). The highest BCUT2D eigenvalue weighted by atomic mass is 16.5. The van der Waals surface area contributed by atoms with Crippen LogP contribution in [-0.2, 0) is 17.9 Å². The molecule has 10 nitrogen and oxygen atoms in total. The van der Waals surface area contributed by atoms with E-state index in [0.717, 1.165) is 22.7 Å². The van der Waals surface area contributed by atoms with Crippen molar-refractivity contribution in [3.63, 3.8) is 0 Å². The third-order valence-corrected chi connectivity index (χ3v) is 4.50. The molecule has 3 aromatic heterocycles. The van der Waals surface area contributed by atoms with Crippen LogP contribution in [-0.4, -0.2) is 53.9 Å². The summed E-state index contributed by atoms with van der Waals surface area (Å²) in [6.45, 7) is 4.72. The molecule has 1 unspecified atom stereocenters. The molecule has 0 spiro atoms. The summed E-state index contributed by atoms with van der Waals surface area (Å²) in [6.07, 6.45) is 3.88. The number of aromatic amines is 1. The first-order valence-electron chi connectivity index (χ1n) is 8.19. The number of aryl methyl sites for hydroxylation is 2. The number of aliphatic hydroxyl groups excluding tert-OH is 1. The predicted octanol–water partition coefficient (Wildman–Crippen LogP) is 0.384. The minimum absolute atomic E-state index is 0.120. The molecule has 26 heavy (non-hydrogen) atoms. The summed E-state index contributed by atoms with van der Waals surface area (Å²) in [5.74, 6) is 0.552. The normalized spacial score (nSPS) is 18.2. The zero-order valence-corrected chi connectivity index (χ0v) is 14.5. The first-order valence-corrected chi connectivity index (χ1v) is 8.19. The molecule has 0 saturated carbocycles. The molecule has 4 heterocycles. The van der Waals surface area contributed by atoms with Crippen LogP contribution in [0.4, 0.5) is 5.69 Å². The largest absolute Gasteiger partial charge is 0.361 e. The maximum atomic E-state index is 12.4. The third-order valence-electron chi connectivity index (χ3n) is 4.50. The van der Waals surface area contributed by atoms with Crippen LogP contribution in [0.2, 0.25) is 0 Å². The van der Waals surface area contributed by atoms with Crippen LogP contribution >= 0.6 is 0 Å². The summed E-state index contributed by atoms with van der Waals surface area (Å²) < 4.78 is 6.86. The SMILES string of the molecule is Cc1noc(C)c1Cn1cc(N2C(=O)CN(Cc3ccn[nH]3)C2O)cn1. The van der Waals surface area contributed by atoms with Crippen molar-refractivity contribution < 1.29 is 14.4 Å². The fraction of sp³-hybridized carbons (Fsp3) is 0.375. The Morgan fingerprint density at radius 2 is 2.23 bits per heavy atom. The maximum Gasteiger partial charge on any atom is 0.244 e. The molecule has 1 fully saturated rings. The lowest BCUT2D eigenvalue weighted by molar-refractivity contribution is -0.116. The second-order valence-corrected chi connectivity index (χ2v) is 6.30. The molecule has 0 bridgehead atoms. The Morgan fingerprint density at radius 1 is 1.38 bits per heavy atom. The van der Waals surface area contributed by atoms with E-state index in [9.17, 15) is 9.90 Å². The van der Waals surface area contributed by atoms with E-state index in [1.54, 1.807) is 28.2 Å². The second kappa shape index (κ2) is 6.39. The number of aromatic nitrogens is 5. The van der Waals surface area contributed by atoms with Crippen molar-refractivity contribution in [2.45, 2.75) is 33.3 Å². The quantitative estimate of drug-likeness (QED) is 0.678. The van der Waals surface area contributed by atoms with E-state index < -0.39 is 6.35 Å². The molecule has 0 aliphatic carbocycles. The number of aliphatic hydroxyl groups is 1. The van der Waals surface area contributed by atoms with Crippen LogP contribution in [0.15, 0.2) is 29.2 Å². The fourth-order valence-corrected chi connectivity index (χ4v) is 3.08. The Bertz CT molecular complexity index is 895. The zero-order chi connectivity index (χ0) is 18.3. The Kier molecular flexibility index (Phi) is 4.05. The van der Waals surface area contributed by atoms with Crippen LogP contribution in [0.3, 0.4) is 0 Å². The number of anilines is 1. The van der Waals surface area contributed by atoms with Gasteiger partial charge in [-0.05, 0) is 19.9 Å². The molecular weight excluding hydrogens is 338 g/mol. The molecule has 1 aliphatic heterocycles. The van der Waals surface area contributed by atoms with Gasteiger partial charge < -0.3 is 9.63 Å². The molecule has 10 heteroatoms. The predicted molar refractivity (Wildman–Crippen MR) is 89.8 cm³/mol. The molecule has 1 aliphatic rings. The van der Waals surface area contributed by atoms with Crippen molar-refractivity contribution in [2.24, 2.45) is 0 Å². The molecule has 136 valence electrons. The summed E-state index contributed by atoms with van der Waals surface area (Å²) in [6, 6.07) is 1.81. The van der Waals surface area contributed by atoms with E-state index in [4.69, 9.17) is 4.52 Å². The smallest absolute Gasteiger partial charge is 0.244 e. The van der Waals surface area contributed by atoms with Gasteiger partial charge in [0.25, 0.3) is 0 Å². The first-order chi connectivity index (χ1) is 12.5. The van der Waals surface area contributed by atoms with Gasteiger partial charge in [0.15, 0.2) is 6.35 Å². The topological polar surface area (TPSA) is 116 Å². The number of rotatable bonds is 5. The van der Waals surface area contributed by atoms with Crippen LogP contribution in [0, 0.1) is 13.8 Å². The Labute approximate surface area is 149 Å². The first kappa shape index (κ1) is 16.5. The van der Waals surface area contributed by atoms with Crippen molar-refractivity contribution >= 4 is 11.6 Å². The van der Waals surface area contributed by atoms with Gasteiger partial charge in [-0.2, -0.15) is 10.2 Å². The molecule has 1 atom stereocenters. The fourth-order valence-electron chi connectivity index (χ4n) is 3.08. The van der Waals surface area contributed by atoms with E-state index in [2.05, 4.69) is 20.5 Å². The Balaban J connectivity index is 1.50. The molecule has 2 N–H and O–H groups in total. The highest BCUT2D eigenvalue weighted by molar-refractivity contribution is 5.96. The molecule has 1 amide bonds. The summed E-state index contributed by atoms with van der Waals surface area (Å²) >= 11 is 0. The second-order valence-electron chi connectivity index (χ2n) is 6.30. The number of hydrogen-bond acceptors (Lipinski definition) is 7. The van der Waals surface area contributed by atoms with Gasteiger partial charge in [-0.15, -0.1) is 0 Å². The van der Waals surface area contributed by atoms with Gasteiger partial charge in [0.1, 0.15) is 5.76 Å². The number of carbonyl (C=O) groups excluding carboxylic acids is 1. The summed E-state index contributed by atoms with van der Waals surface area (Å²) in [7, 11) is 0. The van der Waals surface area contributed by atoms with Gasteiger partial charge in [-0.25, -0.2) is 4.90 Å². The molecular formula is C16H19N7O3. The van der Waals surface area contributed by atoms with E-state index in [1.807, 2.05) is 19.9 Å². The van der Waals surface area contributed by atoms with Crippen molar-refractivity contribution in [1.29, 1.82) is 0 Å². The summed E-state index contributed by atoms with van der Waals surface area (Å²) in [4.78, 5) is 15.4. The average Bonchev–Trinajstić information content (AvgIpc) is 3.37. The van der Waals surface area contributed by atoms with Gasteiger partial charge in [0, 0.05) is 30.2 Å². The third kappa shape index (κ3) is 2.89. The lowest BCUT2D eigenvalue weighted by Crippen LogP contribution is -2.39. The average molecular weight is 357 g/mol. The van der Waals surface area contributed by atoms with Crippen molar-refractivity contribution in [2.75, 3.05) is 11.4 Å². The molecule has 4 rings (SSSR count). The van der Waals surface area contributed by atoms with Crippen LogP contribution in [0.1, 0.15) is 22.7 Å². The Morgan fingerprint density at radius 3 is 2.92 bits per heavy atom. The number of amides is 1. The lowest BCUT2D eigenvalue weighted by atomic mass is 10.2. The van der Waals surface area contributed by atoms with E-state index in [1.165, 1.54) is 4.90 Å². The molecule has 0 aromatic carbocycles. The van der Waals surface area contributed by atoms with Crippen LogP contribution < -0.4 is 4.90 Å². The van der Waals surface area contributed by atoms with Gasteiger partial charge in [-0.1, -0.05) is 5.16 Å². The number of H-pyrrole nitrogens is 1. The summed E-state index contributed by atoms with van der Waals surface area (Å²) in [5.41, 5.74) is 3.13. The van der Waals surface area contributed by atoms with Crippen LogP contribution in [0.5, 0.6) is 0 Å². The van der Waals surface area contributed by atoms with Crippen molar-refractivity contribution in [3.8, 4) is 0 Å². The van der Waals surface area contributed by atoms with Gasteiger partial charge >= 0.3 is 0 Å². The van der Waals surface area contributed by atoms with E-state index in [0.29, 0.717) is 18.8 Å². The monoisotopic (exact) mass is 357 g/mol. The van der Waals surface area contributed by atoms with Gasteiger partial charge in [0.2, 0.25) is 5.91 Å². The highest BCUT2D eigenvalue weighted by Gasteiger charge is 2.38. The number of carbonyl (C=O) groups is 1. The number of nitrogens with zero attached hydrogens (tertiary/aromatic N) is 6. The van der Waals surface area contributed by atoms with Crippen molar-refractivity contribution in [1.82, 2.24) is 30.0 Å². The minimum atomic E-state index is -1.05. The number of nitrogens with one attached hydrogen (secondary N) is 1. The lowest BCUT2D eigenvalue weighted by Gasteiger charge is -2.23. The van der Waals surface area contributed by atoms with Gasteiger partial charge in [-0.3, -0.25) is 19.5 Å². The zero-order valence-electron chi connectivity index (χ0n) is 14.5. The van der Waals surface area contributed by atoms with Gasteiger partial charge in [0.05, 0.1) is 30.7 Å². The van der Waals surface area contributed by atoms with Crippen molar-refractivity contribution in [3.05, 3.63) is 47.4 Å². The minimum Gasteiger partial charge on any atom is -0.361 e. The Hall–Kier alpha value is -2.98.